The van der Waals surface area contributed by atoms with Crippen LogP contribution in [0.4, 0.5) is 11.8 Å². The minimum atomic E-state index is 0.0277. The Morgan fingerprint density at radius 1 is 1.21 bits per heavy atom. The number of aromatic nitrogens is 3. The molecular formula is C12H10ClN5O. The van der Waals surface area contributed by atoms with E-state index in [-0.39, 0.29) is 16.9 Å². The molecule has 0 radical (unpaired) electrons. The maximum atomic E-state index is 6.04. The fourth-order valence-electron chi connectivity index (χ4n) is 1.87. The molecule has 3 heterocycles. The first kappa shape index (κ1) is 11.7. The summed E-state index contributed by atoms with van der Waals surface area (Å²) >= 11 is 6.04. The summed E-state index contributed by atoms with van der Waals surface area (Å²) in [6.45, 7) is 1.90. The van der Waals surface area contributed by atoms with Gasteiger partial charge in [-0.1, -0.05) is 11.6 Å². The smallest absolute Gasteiger partial charge is 0.223 e. The molecule has 0 fully saturated rings. The van der Waals surface area contributed by atoms with Crippen LogP contribution in [0.25, 0.3) is 22.3 Å². The molecule has 0 atom stereocenters. The summed E-state index contributed by atoms with van der Waals surface area (Å²) in [7, 11) is 0. The van der Waals surface area contributed by atoms with E-state index in [0.717, 1.165) is 11.1 Å². The number of furan rings is 1. The van der Waals surface area contributed by atoms with Crippen molar-refractivity contribution in [1.29, 1.82) is 0 Å². The zero-order chi connectivity index (χ0) is 13.6. The number of nitrogen functional groups attached to an aromatic ring is 2. The summed E-state index contributed by atoms with van der Waals surface area (Å²) in [4.78, 5) is 11.9. The van der Waals surface area contributed by atoms with Crippen molar-refractivity contribution in [3.8, 4) is 11.3 Å². The Morgan fingerprint density at radius 2 is 2.00 bits per heavy atom. The van der Waals surface area contributed by atoms with E-state index in [1.165, 1.54) is 0 Å². The number of nitrogens with two attached hydrogens (primary N) is 2. The maximum absolute atomic E-state index is 6.04. The van der Waals surface area contributed by atoms with Crippen molar-refractivity contribution in [3.63, 3.8) is 0 Å². The van der Waals surface area contributed by atoms with Gasteiger partial charge >= 0.3 is 0 Å². The molecule has 7 heteroatoms. The highest BCUT2D eigenvalue weighted by molar-refractivity contribution is 6.32. The van der Waals surface area contributed by atoms with Crippen LogP contribution in [0.2, 0.25) is 5.15 Å². The SMILES string of the molecule is Cc1cc2cc(-c3c(N)nc(N)nc3Cl)oc2cn1. The molecule has 3 aromatic rings. The summed E-state index contributed by atoms with van der Waals surface area (Å²) in [5.41, 5.74) is 13.3. The normalized spacial score (nSPS) is 11.1. The van der Waals surface area contributed by atoms with E-state index in [2.05, 4.69) is 15.0 Å². The first-order valence-electron chi connectivity index (χ1n) is 5.49. The first-order valence-corrected chi connectivity index (χ1v) is 5.87. The first-order chi connectivity index (χ1) is 9.04. The Morgan fingerprint density at radius 3 is 2.74 bits per heavy atom. The van der Waals surface area contributed by atoms with E-state index in [9.17, 15) is 0 Å². The van der Waals surface area contributed by atoms with Crippen molar-refractivity contribution in [3.05, 3.63) is 29.2 Å². The van der Waals surface area contributed by atoms with Crippen LogP contribution in [0.1, 0.15) is 5.69 Å². The lowest BCUT2D eigenvalue weighted by molar-refractivity contribution is 0.629. The number of anilines is 2. The van der Waals surface area contributed by atoms with Gasteiger partial charge in [0.2, 0.25) is 5.95 Å². The van der Waals surface area contributed by atoms with Crippen LogP contribution >= 0.6 is 11.6 Å². The molecule has 4 N–H and O–H groups in total. The molecule has 6 nitrogen and oxygen atoms in total. The second-order valence-electron chi connectivity index (χ2n) is 4.11. The number of hydrogen-bond acceptors (Lipinski definition) is 6. The molecule has 0 saturated carbocycles. The molecule has 0 amide bonds. The average Bonchev–Trinajstić information content (AvgIpc) is 2.69. The van der Waals surface area contributed by atoms with Gasteiger partial charge in [0.15, 0.2) is 5.58 Å². The van der Waals surface area contributed by atoms with Crippen molar-refractivity contribution in [1.82, 2.24) is 15.0 Å². The maximum Gasteiger partial charge on any atom is 0.223 e. The van der Waals surface area contributed by atoms with Crippen LogP contribution in [-0.2, 0) is 0 Å². The minimum absolute atomic E-state index is 0.0277. The number of nitrogens with zero attached hydrogens (tertiary/aromatic N) is 3. The van der Waals surface area contributed by atoms with Crippen molar-refractivity contribution in [2.24, 2.45) is 0 Å². The zero-order valence-corrected chi connectivity index (χ0v) is 10.8. The van der Waals surface area contributed by atoms with Crippen LogP contribution < -0.4 is 11.5 Å². The minimum Gasteiger partial charge on any atom is -0.454 e. The van der Waals surface area contributed by atoms with Crippen molar-refractivity contribution < 1.29 is 4.42 Å². The average molecular weight is 276 g/mol. The van der Waals surface area contributed by atoms with Gasteiger partial charge in [-0.2, -0.15) is 4.98 Å². The third kappa shape index (κ3) is 1.96. The van der Waals surface area contributed by atoms with Gasteiger partial charge in [-0.15, -0.1) is 0 Å². The lowest BCUT2D eigenvalue weighted by atomic mass is 10.2. The van der Waals surface area contributed by atoms with Gasteiger partial charge in [-0.3, -0.25) is 4.98 Å². The van der Waals surface area contributed by atoms with Gasteiger partial charge < -0.3 is 15.9 Å². The van der Waals surface area contributed by atoms with Gasteiger partial charge in [0.05, 0.1) is 11.8 Å². The zero-order valence-electron chi connectivity index (χ0n) is 10.0. The van der Waals surface area contributed by atoms with E-state index >= 15 is 0 Å². The number of pyridine rings is 1. The van der Waals surface area contributed by atoms with Gasteiger partial charge in [0, 0.05) is 11.1 Å². The van der Waals surface area contributed by atoms with E-state index in [1.54, 1.807) is 6.20 Å². The molecule has 0 saturated heterocycles. The predicted molar refractivity (Wildman–Crippen MR) is 73.6 cm³/mol. The topological polar surface area (TPSA) is 104 Å². The van der Waals surface area contributed by atoms with Crippen LogP contribution in [0, 0.1) is 6.92 Å². The van der Waals surface area contributed by atoms with Gasteiger partial charge in [0.25, 0.3) is 0 Å². The van der Waals surface area contributed by atoms with Gasteiger partial charge in [-0.25, -0.2) is 4.98 Å². The highest BCUT2D eigenvalue weighted by Gasteiger charge is 2.16. The van der Waals surface area contributed by atoms with Crippen molar-refractivity contribution >= 4 is 34.3 Å². The molecule has 0 aliphatic carbocycles. The van der Waals surface area contributed by atoms with E-state index < -0.39 is 0 Å². The molecule has 0 bridgehead atoms. The van der Waals surface area contributed by atoms with E-state index in [0.29, 0.717) is 16.9 Å². The monoisotopic (exact) mass is 275 g/mol. The molecule has 3 aromatic heterocycles. The highest BCUT2D eigenvalue weighted by Crippen LogP contribution is 2.35. The molecule has 0 aromatic carbocycles. The second kappa shape index (κ2) is 4.10. The third-order valence-corrected chi connectivity index (χ3v) is 2.97. The standard InChI is InChI=1S/C12H10ClN5O/c1-5-2-6-3-7(19-8(6)4-16-5)9-10(13)17-12(15)18-11(9)14/h2-4H,1H3,(H4,14,15,17,18). The van der Waals surface area contributed by atoms with Crippen LogP contribution in [-0.4, -0.2) is 15.0 Å². The summed E-state index contributed by atoms with van der Waals surface area (Å²) in [5, 5.41) is 1.07. The Balaban J connectivity index is 2.24. The molecular weight excluding hydrogens is 266 g/mol. The second-order valence-corrected chi connectivity index (χ2v) is 4.47. The molecule has 0 unspecified atom stereocenters. The fraction of sp³-hybridized carbons (Fsp3) is 0.0833. The third-order valence-electron chi connectivity index (χ3n) is 2.70. The largest absolute Gasteiger partial charge is 0.454 e. The number of hydrogen-bond donors (Lipinski definition) is 2. The van der Waals surface area contributed by atoms with Crippen LogP contribution in [0.5, 0.6) is 0 Å². The Kier molecular flexibility index (Phi) is 2.53. The van der Waals surface area contributed by atoms with Crippen molar-refractivity contribution in [2.75, 3.05) is 11.5 Å². The molecule has 0 spiro atoms. The van der Waals surface area contributed by atoms with Crippen LogP contribution in [0.15, 0.2) is 22.7 Å². The Bertz CT molecular complexity index is 760. The van der Waals surface area contributed by atoms with E-state index in [4.69, 9.17) is 27.5 Å². The number of aryl methyl sites for hydroxylation is 1. The molecule has 0 aliphatic rings. The molecule has 3 rings (SSSR count). The Hall–Kier alpha value is -2.34. The lowest BCUT2D eigenvalue weighted by Gasteiger charge is -2.04. The molecule has 19 heavy (non-hydrogen) atoms. The van der Waals surface area contributed by atoms with Crippen LogP contribution in [0.3, 0.4) is 0 Å². The fourth-order valence-corrected chi connectivity index (χ4v) is 2.15. The molecule has 0 aliphatic heterocycles. The van der Waals surface area contributed by atoms with Gasteiger partial charge in [0.1, 0.15) is 16.7 Å². The summed E-state index contributed by atoms with van der Waals surface area (Å²) < 4.78 is 5.66. The highest BCUT2D eigenvalue weighted by atomic mass is 35.5. The summed E-state index contributed by atoms with van der Waals surface area (Å²) in [6, 6.07) is 3.73. The summed E-state index contributed by atoms with van der Waals surface area (Å²) in [5.74, 6) is 0.700. The number of halogens is 1. The van der Waals surface area contributed by atoms with Crippen molar-refractivity contribution in [2.45, 2.75) is 6.92 Å². The predicted octanol–water partition coefficient (Wildman–Crippen LogP) is 2.41. The quantitative estimate of drug-likeness (QED) is 0.661. The Labute approximate surface area is 113 Å². The molecule has 96 valence electrons. The van der Waals surface area contributed by atoms with Gasteiger partial charge in [-0.05, 0) is 19.1 Å². The number of rotatable bonds is 1. The summed E-state index contributed by atoms with van der Waals surface area (Å²) in [6.07, 6.45) is 1.65. The lowest BCUT2D eigenvalue weighted by Crippen LogP contribution is -2.02. The van der Waals surface area contributed by atoms with E-state index in [1.807, 2.05) is 19.1 Å². The number of fused-ring (bicyclic) bond motifs is 1.